The van der Waals surface area contributed by atoms with Crippen molar-refractivity contribution in [3.8, 4) is 28.8 Å². The molecule has 0 aliphatic rings. The Hall–Kier alpha value is -3.87. The van der Waals surface area contributed by atoms with E-state index in [9.17, 15) is 4.39 Å². The number of halogens is 1. The summed E-state index contributed by atoms with van der Waals surface area (Å²) in [6.45, 7) is 0.418. The lowest BCUT2D eigenvalue weighted by atomic mass is 10.1. The summed E-state index contributed by atoms with van der Waals surface area (Å²) >= 11 is 0. The van der Waals surface area contributed by atoms with Crippen LogP contribution in [0.3, 0.4) is 0 Å². The third-order valence-corrected chi connectivity index (χ3v) is 4.61. The Morgan fingerprint density at radius 3 is 2.30 bits per heavy atom. The highest BCUT2D eigenvalue weighted by Gasteiger charge is 2.15. The molecule has 152 valence electrons. The number of aromatic nitrogens is 3. The number of hydrogen-bond acceptors (Lipinski definition) is 5. The number of nitrogen functional groups attached to an aromatic ring is 1. The molecule has 1 aromatic heterocycles. The first-order chi connectivity index (χ1) is 14.6. The van der Waals surface area contributed by atoms with Crippen LogP contribution in [0.15, 0.2) is 72.8 Å². The van der Waals surface area contributed by atoms with Gasteiger partial charge in [-0.1, -0.05) is 12.1 Å². The van der Waals surface area contributed by atoms with E-state index in [1.165, 1.54) is 12.1 Å². The summed E-state index contributed by atoms with van der Waals surface area (Å²) in [7, 11) is 1.64. The summed E-state index contributed by atoms with van der Waals surface area (Å²) in [5, 5.41) is 4.50. The van der Waals surface area contributed by atoms with E-state index in [1.807, 2.05) is 36.4 Å². The van der Waals surface area contributed by atoms with Crippen LogP contribution in [0, 0.1) is 5.82 Å². The number of nitrogens with zero attached hydrogens (tertiary/aromatic N) is 3. The van der Waals surface area contributed by atoms with Crippen molar-refractivity contribution in [2.24, 2.45) is 0 Å². The number of methoxy groups -OCH3 is 1. The van der Waals surface area contributed by atoms with Gasteiger partial charge in [-0.05, 0) is 66.2 Å². The molecule has 0 saturated heterocycles. The minimum absolute atomic E-state index is 0.250. The van der Waals surface area contributed by atoms with Crippen molar-refractivity contribution in [1.82, 2.24) is 14.8 Å². The van der Waals surface area contributed by atoms with Gasteiger partial charge in [0.15, 0.2) is 5.82 Å². The zero-order chi connectivity index (χ0) is 20.9. The van der Waals surface area contributed by atoms with Crippen LogP contribution in [0.2, 0.25) is 0 Å². The van der Waals surface area contributed by atoms with E-state index in [2.05, 4.69) is 10.1 Å². The van der Waals surface area contributed by atoms with Gasteiger partial charge in [0.2, 0.25) is 0 Å². The number of ether oxygens (including phenoxy) is 2. The molecular formula is C23H21FN4O2. The first-order valence-electron chi connectivity index (χ1n) is 9.47. The molecule has 0 amide bonds. The molecule has 0 saturated carbocycles. The molecule has 3 aromatic carbocycles. The van der Waals surface area contributed by atoms with Crippen LogP contribution in [0.1, 0.15) is 5.56 Å². The molecule has 0 atom stereocenters. The summed E-state index contributed by atoms with van der Waals surface area (Å²) in [5.74, 6) is 1.06. The maximum absolute atomic E-state index is 13.4. The zero-order valence-corrected chi connectivity index (χ0v) is 16.5. The van der Waals surface area contributed by atoms with Gasteiger partial charge < -0.3 is 15.2 Å². The van der Waals surface area contributed by atoms with Gasteiger partial charge in [-0.3, -0.25) is 0 Å². The molecule has 0 aliphatic heterocycles. The number of benzene rings is 3. The minimum Gasteiger partial charge on any atom is -0.497 e. The van der Waals surface area contributed by atoms with Crippen LogP contribution >= 0.6 is 0 Å². The number of rotatable bonds is 7. The van der Waals surface area contributed by atoms with Crippen LogP contribution in [0.5, 0.6) is 11.8 Å². The van der Waals surface area contributed by atoms with Gasteiger partial charge in [0.25, 0.3) is 0 Å². The molecule has 0 bridgehead atoms. The summed E-state index contributed by atoms with van der Waals surface area (Å²) in [5.41, 5.74) is 9.07. The Bertz CT molecular complexity index is 1040. The predicted molar refractivity (Wildman–Crippen MR) is 113 cm³/mol. The van der Waals surface area contributed by atoms with Crippen molar-refractivity contribution >= 4 is 5.69 Å². The quantitative estimate of drug-likeness (QED) is 0.465. The predicted octanol–water partition coefficient (Wildman–Crippen LogP) is 4.29. The fourth-order valence-electron chi connectivity index (χ4n) is 2.99. The third-order valence-electron chi connectivity index (χ3n) is 4.61. The van der Waals surface area contributed by atoms with Crippen LogP contribution in [-0.4, -0.2) is 28.5 Å². The average molecular weight is 404 g/mol. The van der Waals surface area contributed by atoms with Gasteiger partial charge in [-0.25, -0.2) is 9.07 Å². The lowest BCUT2D eigenvalue weighted by Crippen LogP contribution is -2.03. The van der Waals surface area contributed by atoms with E-state index < -0.39 is 0 Å². The topological polar surface area (TPSA) is 75.2 Å². The van der Waals surface area contributed by atoms with E-state index in [0.717, 1.165) is 22.6 Å². The molecular weight excluding hydrogens is 383 g/mol. The highest BCUT2D eigenvalue weighted by Crippen LogP contribution is 2.24. The Morgan fingerprint density at radius 2 is 1.63 bits per heavy atom. The molecule has 0 spiro atoms. The van der Waals surface area contributed by atoms with E-state index in [-0.39, 0.29) is 11.8 Å². The molecule has 1 heterocycles. The van der Waals surface area contributed by atoms with Crippen molar-refractivity contribution in [3.05, 3.63) is 84.2 Å². The summed E-state index contributed by atoms with van der Waals surface area (Å²) < 4.78 is 26.0. The smallest absolute Gasteiger partial charge is 0.336 e. The van der Waals surface area contributed by atoms with Crippen molar-refractivity contribution in [3.63, 3.8) is 0 Å². The first-order valence-corrected chi connectivity index (χ1v) is 9.47. The minimum atomic E-state index is -0.312. The van der Waals surface area contributed by atoms with Gasteiger partial charge in [-0.2, -0.15) is 4.98 Å². The molecule has 2 N–H and O–H groups in total. The van der Waals surface area contributed by atoms with Crippen LogP contribution in [-0.2, 0) is 6.42 Å². The Morgan fingerprint density at radius 1 is 0.933 bits per heavy atom. The van der Waals surface area contributed by atoms with Crippen molar-refractivity contribution in [2.75, 3.05) is 19.5 Å². The molecule has 0 fully saturated rings. The van der Waals surface area contributed by atoms with Crippen molar-refractivity contribution in [2.45, 2.75) is 6.42 Å². The number of hydrogen-bond donors (Lipinski definition) is 1. The van der Waals surface area contributed by atoms with Gasteiger partial charge in [0.05, 0.1) is 19.4 Å². The lowest BCUT2D eigenvalue weighted by Gasteiger charge is -2.06. The monoisotopic (exact) mass is 404 g/mol. The Kier molecular flexibility index (Phi) is 5.61. The Labute approximate surface area is 173 Å². The lowest BCUT2D eigenvalue weighted by molar-refractivity contribution is 0.296. The fourth-order valence-corrected chi connectivity index (χ4v) is 2.99. The van der Waals surface area contributed by atoms with E-state index in [0.29, 0.717) is 24.5 Å². The summed E-state index contributed by atoms with van der Waals surface area (Å²) in [4.78, 5) is 4.52. The molecule has 0 radical (unpaired) electrons. The largest absolute Gasteiger partial charge is 0.497 e. The van der Waals surface area contributed by atoms with Crippen molar-refractivity contribution < 1.29 is 13.9 Å². The van der Waals surface area contributed by atoms with Crippen LogP contribution in [0.25, 0.3) is 17.1 Å². The first kappa shape index (κ1) is 19.4. The summed E-state index contributed by atoms with van der Waals surface area (Å²) in [6.07, 6.45) is 0.701. The standard InChI is InChI=1S/C23H21FN4O2/c1-29-21-12-2-16(3-13-21)14-15-30-23-26-22(17-4-6-18(24)7-5-17)28(27-23)20-10-8-19(25)9-11-20/h2-13H,14-15,25H2,1H3. The second-order valence-corrected chi connectivity index (χ2v) is 6.67. The van der Waals surface area contributed by atoms with E-state index in [1.54, 1.807) is 36.1 Å². The van der Waals surface area contributed by atoms with Gasteiger partial charge in [-0.15, -0.1) is 5.10 Å². The third kappa shape index (κ3) is 4.41. The van der Waals surface area contributed by atoms with Gasteiger partial charge in [0, 0.05) is 17.7 Å². The molecule has 4 rings (SSSR count). The summed E-state index contributed by atoms with van der Waals surface area (Å²) in [6, 6.07) is 21.4. The zero-order valence-electron chi connectivity index (χ0n) is 16.5. The number of anilines is 1. The molecule has 0 aliphatic carbocycles. The highest BCUT2D eigenvalue weighted by atomic mass is 19.1. The fraction of sp³-hybridized carbons (Fsp3) is 0.130. The van der Waals surface area contributed by atoms with Gasteiger partial charge in [0.1, 0.15) is 11.6 Å². The second kappa shape index (κ2) is 8.65. The van der Waals surface area contributed by atoms with E-state index >= 15 is 0 Å². The molecule has 30 heavy (non-hydrogen) atoms. The maximum atomic E-state index is 13.4. The number of nitrogens with two attached hydrogens (primary N) is 1. The molecule has 7 heteroatoms. The SMILES string of the molecule is COc1ccc(CCOc2nc(-c3ccc(F)cc3)n(-c3ccc(N)cc3)n2)cc1. The second-order valence-electron chi connectivity index (χ2n) is 6.67. The van der Waals surface area contributed by atoms with Crippen molar-refractivity contribution in [1.29, 1.82) is 0 Å². The molecule has 6 nitrogen and oxygen atoms in total. The Balaban J connectivity index is 1.56. The highest BCUT2D eigenvalue weighted by molar-refractivity contribution is 5.59. The van der Waals surface area contributed by atoms with E-state index in [4.69, 9.17) is 15.2 Å². The molecule has 0 unspecified atom stereocenters. The average Bonchev–Trinajstić information content (AvgIpc) is 3.19. The van der Waals surface area contributed by atoms with Crippen LogP contribution in [0.4, 0.5) is 10.1 Å². The van der Waals surface area contributed by atoms with Gasteiger partial charge >= 0.3 is 6.01 Å². The van der Waals surface area contributed by atoms with Crippen LogP contribution < -0.4 is 15.2 Å². The normalized spacial score (nSPS) is 10.7. The molecule has 4 aromatic rings. The maximum Gasteiger partial charge on any atom is 0.336 e.